The molecule has 0 spiro atoms. The van der Waals surface area contributed by atoms with Gasteiger partial charge in [-0.25, -0.2) is 9.37 Å². The van der Waals surface area contributed by atoms with Gasteiger partial charge in [-0.3, -0.25) is 0 Å². The Kier molecular flexibility index (Phi) is 4.75. The highest BCUT2D eigenvalue weighted by Gasteiger charge is 2.10. The molecule has 0 fully saturated rings. The minimum absolute atomic E-state index is 0.271. The van der Waals surface area contributed by atoms with Crippen LogP contribution in [0.3, 0.4) is 0 Å². The Morgan fingerprint density at radius 1 is 1.45 bits per heavy atom. The second kappa shape index (κ2) is 6.53. The lowest BCUT2D eigenvalue weighted by atomic mass is 10.2. The van der Waals surface area contributed by atoms with E-state index in [4.69, 9.17) is 6.42 Å². The molecule has 0 aliphatic rings. The Balaban J connectivity index is 2.18. The Bertz CT molecular complexity index is 622. The maximum atomic E-state index is 13.3. The molecule has 0 saturated heterocycles. The van der Waals surface area contributed by atoms with Crippen LogP contribution >= 0.6 is 0 Å². The molecule has 0 aliphatic heterocycles. The maximum absolute atomic E-state index is 13.3. The lowest BCUT2D eigenvalue weighted by Gasteiger charge is -2.08. The van der Waals surface area contributed by atoms with Crippen molar-refractivity contribution in [3.05, 3.63) is 29.8 Å². The van der Waals surface area contributed by atoms with Crippen LogP contribution in [0.2, 0.25) is 0 Å². The lowest BCUT2D eigenvalue weighted by molar-refractivity contribution is 0.547. The molecule has 106 valence electrons. The van der Waals surface area contributed by atoms with Crippen molar-refractivity contribution in [2.75, 3.05) is 13.1 Å². The molecule has 2 rings (SSSR count). The molecule has 0 aliphatic carbocycles. The number of hydrogen-bond acceptors (Lipinski definition) is 2. The zero-order valence-corrected chi connectivity index (χ0v) is 12.0. The van der Waals surface area contributed by atoms with Gasteiger partial charge in [0.1, 0.15) is 11.6 Å². The zero-order chi connectivity index (χ0) is 14.5. The summed E-state index contributed by atoms with van der Waals surface area (Å²) in [4.78, 5) is 4.50. The first kappa shape index (κ1) is 14.5. The van der Waals surface area contributed by atoms with Crippen molar-refractivity contribution in [1.82, 2.24) is 14.9 Å². The fourth-order valence-corrected chi connectivity index (χ4v) is 2.20. The van der Waals surface area contributed by atoms with Crippen molar-refractivity contribution in [1.29, 1.82) is 0 Å². The lowest BCUT2D eigenvalue weighted by Crippen LogP contribution is -2.23. The zero-order valence-electron chi connectivity index (χ0n) is 12.0. The molecule has 1 aromatic carbocycles. The van der Waals surface area contributed by atoms with Crippen molar-refractivity contribution < 1.29 is 4.39 Å². The van der Waals surface area contributed by atoms with Gasteiger partial charge in [-0.2, -0.15) is 0 Å². The van der Waals surface area contributed by atoms with Crippen molar-refractivity contribution in [2.45, 2.75) is 26.8 Å². The van der Waals surface area contributed by atoms with Gasteiger partial charge >= 0.3 is 0 Å². The molecule has 2 aromatic rings. The highest BCUT2D eigenvalue weighted by Crippen LogP contribution is 2.17. The summed E-state index contributed by atoms with van der Waals surface area (Å²) >= 11 is 0. The Morgan fingerprint density at radius 2 is 2.25 bits per heavy atom. The number of fused-ring (bicyclic) bond motifs is 1. The summed E-state index contributed by atoms with van der Waals surface area (Å²) in [5.74, 6) is 3.89. The summed E-state index contributed by atoms with van der Waals surface area (Å²) < 4.78 is 15.2. The van der Waals surface area contributed by atoms with Gasteiger partial charge in [0, 0.05) is 19.0 Å². The number of halogens is 1. The first-order chi connectivity index (χ1) is 9.61. The van der Waals surface area contributed by atoms with Gasteiger partial charge in [0.25, 0.3) is 0 Å². The first-order valence-corrected chi connectivity index (χ1v) is 6.90. The normalized spacial score (nSPS) is 11.2. The number of nitrogens with one attached hydrogen (secondary N) is 1. The highest BCUT2D eigenvalue weighted by atomic mass is 19.1. The van der Waals surface area contributed by atoms with E-state index < -0.39 is 0 Å². The molecule has 0 saturated carbocycles. The molecule has 20 heavy (non-hydrogen) atoms. The summed E-state index contributed by atoms with van der Waals surface area (Å²) in [7, 11) is 0. The molecule has 0 atom stereocenters. The number of rotatable bonds is 6. The number of terminal acetylenes is 1. The Hall–Kier alpha value is -1.86. The van der Waals surface area contributed by atoms with Crippen LogP contribution in [-0.4, -0.2) is 22.6 Å². The summed E-state index contributed by atoms with van der Waals surface area (Å²) in [5, 5.41) is 3.38. The molecule has 1 heterocycles. The van der Waals surface area contributed by atoms with Crippen LogP contribution in [0.15, 0.2) is 18.2 Å². The minimum Gasteiger partial charge on any atom is -0.316 e. The molecular formula is C16H20FN3. The fraction of sp³-hybridized carbons (Fsp3) is 0.438. The van der Waals surface area contributed by atoms with E-state index in [1.807, 2.05) is 4.57 Å². The quantitative estimate of drug-likeness (QED) is 0.647. The summed E-state index contributed by atoms with van der Waals surface area (Å²) in [6.07, 6.45) is 6.20. The van der Waals surface area contributed by atoms with Crippen LogP contribution in [0.1, 0.15) is 19.7 Å². The van der Waals surface area contributed by atoms with Gasteiger partial charge in [0.15, 0.2) is 0 Å². The van der Waals surface area contributed by atoms with Gasteiger partial charge in [-0.1, -0.05) is 19.8 Å². The molecule has 0 unspecified atom stereocenters. The second-order valence-corrected chi connectivity index (χ2v) is 5.30. The summed E-state index contributed by atoms with van der Waals surface area (Å²) in [6.45, 7) is 6.62. The van der Waals surface area contributed by atoms with E-state index in [9.17, 15) is 4.39 Å². The third kappa shape index (κ3) is 3.37. The average Bonchev–Trinajstić information content (AvgIpc) is 2.72. The predicted molar refractivity (Wildman–Crippen MR) is 79.9 cm³/mol. The predicted octanol–water partition coefficient (Wildman–Crippen LogP) is 2.60. The largest absolute Gasteiger partial charge is 0.316 e. The average molecular weight is 273 g/mol. The van der Waals surface area contributed by atoms with E-state index in [2.05, 4.69) is 30.1 Å². The van der Waals surface area contributed by atoms with E-state index in [1.165, 1.54) is 12.1 Å². The van der Waals surface area contributed by atoms with E-state index in [-0.39, 0.29) is 5.82 Å². The number of nitrogens with zero attached hydrogens (tertiary/aromatic N) is 2. The Labute approximate surface area is 119 Å². The molecule has 4 heteroatoms. The number of imidazole rings is 1. The van der Waals surface area contributed by atoms with Crippen molar-refractivity contribution in [3.8, 4) is 12.3 Å². The maximum Gasteiger partial charge on any atom is 0.125 e. The van der Waals surface area contributed by atoms with Gasteiger partial charge in [0.05, 0.1) is 17.6 Å². The highest BCUT2D eigenvalue weighted by molar-refractivity contribution is 5.76. The number of aromatic nitrogens is 2. The second-order valence-electron chi connectivity index (χ2n) is 5.30. The van der Waals surface area contributed by atoms with Crippen LogP contribution in [0.25, 0.3) is 11.0 Å². The molecule has 0 amide bonds. The van der Waals surface area contributed by atoms with Crippen molar-refractivity contribution in [3.63, 3.8) is 0 Å². The minimum atomic E-state index is -0.271. The smallest absolute Gasteiger partial charge is 0.125 e. The monoisotopic (exact) mass is 273 g/mol. The van der Waals surface area contributed by atoms with Gasteiger partial charge in [0.2, 0.25) is 0 Å². The Morgan fingerprint density at radius 3 is 2.95 bits per heavy atom. The fourth-order valence-electron chi connectivity index (χ4n) is 2.20. The molecule has 3 nitrogen and oxygen atoms in total. The summed E-state index contributed by atoms with van der Waals surface area (Å²) in [5.41, 5.74) is 1.56. The van der Waals surface area contributed by atoms with Gasteiger partial charge in [-0.05, 0) is 24.6 Å². The van der Waals surface area contributed by atoms with Crippen LogP contribution in [-0.2, 0) is 13.0 Å². The van der Waals surface area contributed by atoms with Gasteiger partial charge < -0.3 is 9.88 Å². The third-order valence-corrected chi connectivity index (χ3v) is 3.12. The molecule has 0 radical (unpaired) electrons. The topological polar surface area (TPSA) is 29.9 Å². The SMILES string of the molecule is C#CCn1c(CCNCC(C)C)nc2cc(F)ccc21. The van der Waals surface area contributed by atoms with Crippen LogP contribution in [0.4, 0.5) is 4.39 Å². The van der Waals surface area contributed by atoms with E-state index >= 15 is 0 Å². The summed E-state index contributed by atoms with van der Waals surface area (Å²) in [6, 6.07) is 4.63. The van der Waals surface area contributed by atoms with Crippen LogP contribution in [0.5, 0.6) is 0 Å². The van der Waals surface area contributed by atoms with Crippen molar-refractivity contribution >= 4 is 11.0 Å². The van der Waals surface area contributed by atoms with Crippen molar-refractivity contribution in [2.24, 2.45) is 5.92 Å². The van der Waals surface area contributed by atoms with E-state index in [0.717, 1.165) is 30.9 Å². The standard InChI is InChI=1S/C16H20FN3/c1-4-9-20-15-6-5-13(17)10-14(15)19-16(20)7-8-18-11-12(2)3/h1,5-6,10,12,18H,7-9,11H2,2-3H3. The van der Waals surface area contributed by atoms with Crippen LogP contribution < -0.4 is 5.32 Å². The van der Waals surface area contributed by atoms with Gasteiger partial charge in [-0.15, -0.1) is 6.42 Å². The first-order valence-electron chi connectivity index (χ1n) is 6.90. The number of benzene rings is 1. The number of hydrogen-bond donors (Lipinski definition) is 1. The third-order valence-electron chi connectivity index (χ3n) is 3.12. The molecule has 0 bridgehead atoms. The molecule has 1 N–H and O–H groups in total. The van der Waals surface area contributed by atoms with E-state index in [1.54, 1.807) is 6.07 Å². The van der Waals surface area contributed by atoms with E-state index in [0.29, 0.717) is 18.0 Å². The molecular weight excluding hydrogens is 253 g/mol. The molecule has 1 aromatic heterocycles. The van der Waals surface area contributed by atoms with Crippen LogP contribution in [0, 0.1) is 24.1 Å².